The summed E-state index contributed by atoms with van der Waals surface area (Å²) in [6.07, 6.45) is 1.90. The van der Waals surface area contributed by atoms with Crippen LogP contribution in [0.5, 0.6) is 0 Å². The van der Waals surface area contributed by atoms with Crippen LogP contribution in [0.4, 0.5) is 0 Å². The Labute approximate surface area is 149 Å². The lowest BCUT2D eigenvalue weighted by Crippen LogP contribution is -2.02. The number of thiophene rings is 3. The molecule has 0 radical (unpaired) electrons. The summed E-state index contributed by atoms with van der Waals surface area (Å²) in [5.41, 5.74) is 14.3. The van der Waals surface area contributed by atoms with Crippen LogP contribution in [0.3, 0.4) is 0 Å². The molecule has 0 saturated heterocycles. The summed E-state index contributed by atoms with van der Waals surface area (Å²) < 4.78 is 0. The molecule has 0 fully saturated rings. The standard InChI is InChI=1S/C18H22N2S3/c1-11-9-13(5-7-19)17(21-11)15-3-4-16(23-15)18-14(6-8-20)10-12(2)22-18/h3-4,9-10H,5-8,19-20H2,1-2H3. The van der Waals surface area contributed by atoms with Gasteiger partial charge in [0.25, 0.3) is 0 Å². The van der Waals surface area contributed by atoms with E-state index in [9.17, 15) is 0 Å². The Kier molecular flexibility index (Phi) is 5.34. The predicted octanol–water partition coefficient (Wildman–Crippen LogP) is 4.82. The molecule has 0 saturated carbocycles. The number of nitrogens with two attached hydrogens (primary N) is 2. The molecular weight excluding hydrogens is 340 g/mol. The van der Waals surface area contributed by atoms with Gasteiger partial charge in [-0.3, -0.25) is 0 Å². The molecule has 0 aliphatic rings. The average Bonchev–Trinajstić information content (AvgIpc) is 3.19. The maximum absolute atomic E-state index is 5.77. The van der Waals surface area contributed by atoms with E-state index in [0.29, 0.717) is 13.1 Å². The van der Waals surface area contributed by atoms with Gasteiger partial charge in [0.1, 0.15) is 0 Å². The van der Waals surface area contributed by atoms with E-state index in [0.717, 1.165) is 12.8 Å². The summed E-state index contributed by atoms with van der Waals surface area (Å²) in [6, 6.07) is 9.07. The lowest BCUT2D eigenvalue weighted by Gasteiger charge is -2.00. The van der Waals surface area contributed by atoms with Gasteiger partial charge in [-0.1, -0.05) is 0 Å². The molecule has 5 heteroatoms. The van der Waals surface area contributed by atoms with Gasteiger partial charge in [0.15, 0.2) is 0 Å². The van der Waals surface area contributed by atoms with Gasteiger partial charge in [0, 0.05) is 29.3 Å². The molecule has 0 atom stereocenters. The molecule has 2 nitrogen and oxygen atoms in total. The first kappa shape index (κ1) is 16.9. The van der Waals surface area contributed by atoms with Gasteiger partial charge in [-0.25, -0.2) is 0 Å². The second kappa shape index (κ2) is 7.28. The van der Waals surface area contributed by atoms with Crippen LogP contribution in [0.25, 0.3) is 19.5 Å². The van der Waals surface area contributed by atoms with E-state index in [1.807, 2.05) is 34.0 Å². The van der Waals surface area contributed by atoms with Crippen molar-refractivity contribution >= 4 is 34.0 Å². The summed E-state index contributed by atoms with van der Waals surface area (Å²) in [4.78, 5) is 8.19. The number of aryl methyl sites for hydroxylation is 2. The van der Waals surface area contributed by atoms with Crippen LogP contribution in [0.1, 0.15) is 20.9 Å². The zero-order valence-corrected chi connectivity index (χ0v) is 16.0. The summed E-state index contributed by atoms with van der Waals surface area (Å²) in [7, 11) is 0. The SMILES string of the molecule is Cc1cc(CCN)c(-c2ccc(-c3sc(C)cc3CCN)s2)s1. The second-order valence-corrected chi connectivity index (χ2v) is 9.26. The summed E-state index contributed by atoms with van der Waals surface area (Å²) >= 11 is 5.63. The highest BCUT2D eigenvalue weighted by molar-refractivity contribution is 7.26. The number of rotatable bonds is 6. The van der Waals surface area contributed by atoms with Gasteiger partial charge in [-0.2, -0.15) is 0 Å². The van der Waals surface area contributed by atoms with Gasteiger partial charge in [0.2, 0.25) is 0 Å². The molecule has 0 bridgehead atoms. The molecule has 23 heavy (non-hydrogen) atoms. The first-order chi connectivity index (χ1) is 11.1. The highest BCUT2D eigenvalue weighted by Gasteiger charge is 2.15. The summed E-state index contributed by atoms with van der Waals surface area (Å²) in [5.74, 6) is 0. The molecule has 0 amide bonds. The first-order valence-electron chi connectivity index (χ1n) is 7.81. The molecule has 0 aromatic carbocycles. The van der Waals surface area contributed by atoms with Crippen molar-refractivity contribution in [2.24, 2.45) is 11.5 Å². The van der Waals surface area contributed by atoms with Crippen molar-refractivity contribution in [1.82, 2.24) is 0 Å². The van der Waals surface area contributed by atoms with E-state index >= 15 is 0 Å². The van der Waals surface area contributed by atoms with Crippen LogP contribution >= 0.6 is 34.0 Å². The average molecular weight is 363 g/mol. The first-order valence-corrected chi connectivity index (χ1v) is 10.3. The van der Waals surface area contributed by atoms with E-state index in [2.05, 4.69) is 38.1 Å². The van der Waals surface area contributed by atoms with E-state index in [1.54, 1.807) is 0 Å². The highest BCUT2D eigenvalue weighted by atomic mass is 32.1. The Bertz CT molecular complexity index is 730. The molecule has 122 valence electrons. The van der Waals surface area contributed by atoms with Crippen molar-refractivity contribution in [2.75, 3.05) is 13.1 Å². The zero-order valence-electron chi connectivity index (χ0n) is 13.5. The molecule has 0 aliphatic carbocycles. The Morgan fingerprint density at radius 3 is 1.57 bits per heavy atom. The van der Waals surface area contributed by atoms with Crippen LogP contribution in [0, 0.1) is 13.8 Å². The molecule has 0 unspecified atom stereocenters. The van der Waals surface area contributed by atoms with E-state index in [-0.39, 0.29) is 0 Å². The minimum atomic E-state index is 0.701. The fourth-order valence-corrected chi connectivity index (χ4v) is 6.24. The van der Waals surface area contributed by atoms with Gasteiger partial charge < -0.3 is 11.5 Å². The van der Waals surface area contributed by atoms with Gasteiger partial charge >= 0.3 is 0 Å². The fourth-order valence-electron chi connectivity index (χ4n) is 2.82. The molecule has 3 aromatic heterocycles. The van der Waals surface area contributed by atoms with E-state index < -0.39 is 0 Å². The number of hydrogen-bond acceptors (Lipinski definition) is 5. The topological polar surface area (TPSA) is 52.0 Å². The smallest absolute Gasteiger partial charge is 0.0478 e. The van der Waals surface area contributed by atoms with Gasteiger partial charge in [0.05, 0.1) is 0 Å². The van der Waals surface area contributed by atoms with Crippen LogP contribution in [-0.4, -0.2) is 13.1 Å². The molecule has 3 rings (SSSR count). The molecule has 4 N–H and O–H groups in total. The molecule has 3 heterocycles. The fraction of sp³-hybridized carbons (Fsp3) is 0.333. The lowest BCUT2D eigenvalue weighted by atomic mass is 10.1. The van der Waals surface area contributed by atoms with Gasteiger partial charge in [-0.05, 0) is 75.2 Å². The third-order valence-electron chi connectivity index (χ3n) is 3.75. The predicted molar refractivity (Wildman–Crippen MR) is 106 cm³/mol. The van der Waals surface area contributed by atoms with Gasteiger partial charge in [-0.15, -0.1) is 34.0 Å². The van der Waals surface area contributed by atoms with Crippen LogP contribution in [-0.2, 0) is 12.8 Å². The van der Waals surface area contributed by atoms with Crippen LogP contribution in [0.2, 0.25) is 0 Å². The minimum absolute atomic E-state index is 0.701. The summed E-state index contributed by atoms with van der Waals surface area (Å²) in [6.45, 7) is 5.74. The summed E-state index contributed by atoms with van der Waals surface area (Å²) in [5, 5.41) is 0. The van der Waals surface area contributed by atoms with Crippen molar-refractivity contribution < 1.29 is 0 Å². The van der Waals surface area contributed by atoms with E-state index in [1.165, 1.54) is 40.4 Å². The lowest BCUT2D eigenvalue weighted by molar-refractivity contribution is 0.975. The van der Waals surface area contributed by atoms with E-state index in [4.69, 9.17) is 11.5 Å². The van der Waals surface area contributed by atoms with Crippen molar-refractivity contribution in [2.45, 2.75) is 26.7 Å². The normalized spacial score (nSPS) is 11.3. The largest absolute Gasteiger partial charge is 0.330 e. The zero-order chi connectivity index (χ0) is 16.4. The second-order valence-electron chi connectivity index (χ2n) is 5.66. The molecular formula is C18H22N2S3. The maximum atomic E-state index is 5.77. The van der Waals surface area contributed by atoms with Crippen molar-refractivity contribution in [3.05, 3.63) is 45.1 Å². The van der Waals surface area contributed by atoms with Crippen LogP contribution in [0.15, 0.2) is 24.3 Å². The maximum Gasteiger partial charge on any atom is 0.0478 e. The van der Waals surface area contributed by atoms with Crippen molar-refractivity contribution in [3.63, 3.8) is 0 Å². The Morgan fingerprint density at radius 1 is 0.739 bits per heavy atom. The molecule has 3 aromatic rings. The third-order valence-corrected chi connectivity index (χ3v) is 7.38. The highest BCUT2D eigenvalue weighted by Crippen LogP contribution is 2.43. The van der Waals surface area contributed by atoms with Crippen LogP contribution < -0.4 is 11.5 Å². The minimum Gasteiger partial charge on any atom is -0.330 e. The van der Waals surface area contributed by atoms with Crippen molar-refractivity contribution in [3.8, 4) is 19.5 Å². The Hall–Kier alpha value is -0.980. The quantitative estimate of drug-likeness (QED) is 0.660. The third kappa shape index (κ3) is 3.59. The van der Waals surface area contributed by atoms with Crippen molar-refractivity contribution in [1.29, 1.82) is 0 Å². The number of hydrogen-bond donors (Lipinski definition) is 2. The monoisotopic (exact) mass is 362 g/mol. The molecule has 0 spiro atoms. The molecule has 0 aliphatic heterocycles. The Balaban J connectivity index is 1.98. The Morgan fingerprint density at radius 2 is 1.17 bits per heavy atom.